The summed E-state index contributed by atoms with van der Waals surface area (Å²) < 4.78 is 2.02. The van der Waals surface area contributed by atoms with Crippen molar-refractivity contribution in [2.24, 2.45) is 5.92 Å². The first-order valence-corrected chi connectivity index (χ1v) is 10.8. The minimum Gasteiger partial charge on any atom is -0.353 e. The van der Waals surface area contributed by atoms with Gasteiger partial charge in [-0.15, -0.1) is 0 Å². The van der Waals surface area contributed by atoms with Crippen molar-refractivity contribution in [3.63, 3.8) is 0 Å². The number of pyridine rings is 1. The van der Waals surface area contributed by atoms with Gasteiger partial charge >= 0.3 is 0 Å². The van der Waals surface area contributed by atoms with Crippen molar-refractivity contribution in [2.45, 2.75) is 38.5 Å². The molecule has 31 heavy (non-hydrogen) atoms. The first-order chi connectivity index (χ1) is 15.1. The summed E-state index contributed by atoms with van der Waals surface area (Å²) in [6.07, 6.45) is 6.63. The van der Waals surface area contributed by atoms with Crippen molar-refractivity contribution >= 4 is 0 Å². The Morgan fingerprint density at radius 1 is 1.26 bits per heavy atom. The summed E-state index contributed by atoms with van der Waals surface area (Å²) in [5.74, 6) is 1.76. The van der Waals surface area contributed by atoms with Gasteiger partial charge in [0.2, 0.25) is 0 Å². The Bertz CT molecular complexity index is 1150. The molecular formula is C23H27N7O. The molecule has 2 atom stereocenters. The topological polar surface area (TPSA) is 96.7 Å². The van der Waals surface area contributed by atoms with Crippen LogP contribution in [0.3, 0.4) is 0 Å². The van der Waals surface area contributed by atoms with Crippen LogP contribution in [-0.2, 0) is 26.2 Å². The second kappa shape index (κ2) is 8.17. The lowest BCUT2D eigenvalue weighted by Gasteiger charge is -2.43. The molecular weight excluding hydrogens is 390 g/mol. The normalized spacial score (nSPS) is 20.5. The molecule has 0 amide bonds. The van der Waals surface area contributed by atoms with Gasteiger partial charge in [0.25, 0.3) is 5.56 Å². The molecule has 0 saturated carbocycles. The van der Waals surface area contributed by atoms with Gasteiger partial charge in [-0.25, -0.2) is 4.98 Å². The number of nitrogens with one attached hydrogen (secondary N) is 2. The van der Waals surface area contributed by atoms with Crippen LogP contribution >= 0.6 is 0 Å². The number of aromatic amines is 2. The molecule has 2 aliphatic rings. The summed E-state index contributed by atoms with van der Waals surface area (Å²) in [5.41, 5.74) is 3.90. The number of nitrogens with zero attached hydrogens (tertiary/aromatic N) is 5. The van der Waals surface area contributed by atoms with Crippen molar-refractivity contribution in [1.82, 2.24) is 29.3 Å². The fourth-order valence-electron chi connectivity index (χ4n) is 5.18. The third kappa shape index (κ3) is 4.07. The van der Waals surface area contributed by atoms with Crippen molar-refractivity contribution < 1.29 is 0 Å². The zero-order valence-electron chi connectivity index (χ0n) is 17.7. The highest BCUT2D eigenvalue weighted by molar-refractivity contribution is 5.27. The predicted molar refractivity (Wildman–Crippen MR) is 116 cm³/mol. The predicted octanol–water partition coefficient (Wildman–Crippen LogP) is 2.02. The summed E-state index contributed by atoms with van der Waals surface area (Å²) in [6.45, 7) is 4.84. The van der Waals surface area contributed by atoms with Crippen molar-refractivity contribution in [1.29, 1.82) is 5.26 Å². The standard InChI is InChI=1S/C23H27N7O/c1-28(15-22-25-4-5-26-22)13-18-2-3-21-19-6-17(12-30(21)23(18)31)11-29(14-19)10-16-7-20(8-24)27-9-16/h2-5,7,9,17,19,27H,6,10-15H2,1H3,(H,25,26)/t17-,19+/m0/s1. The van der Waals surface area contributed by atoms with Crippen LogP contribution in [-0.4, -0.2) is 49.5 Å². The van der Waals surface area contributed by atoms with Gasteiger partial charge in [-0.3, -0.25) is 14.6 Å². The van der Waals surface area contributed by atoms with Gasteiger partial charge < -0.3 is 14.5 Å². The molecule has 0 radical (unpaired) electrons. The van der Waals surface area contributed by atoms with Crippen LogP contribution in [0.4, 0.5) is 0 Å². The summed E-state index contributed by atoms with van der Waals surface area (Å²) >= 11 is 0. The number of fused-ring (bicyclic) bond motifs is 4. The second-order valence-electron chi connectivity index (χ2n) is 8.93. The second-order valence-corrected chi connectivity index (χ2v) is 8.93. The SMILES string of the molecule is CN(Cc1ncc[nH]1)Cc1ccc2n(c1=O)C[C@H]1C[C@@H]2CN(Cc2c[nH]c(C#N)c2)C1. The lowest BCUT2D eigenvalue weighted by Crippen LogP contribution is -2.47. The molecule has 8 heteroatoms. The number of nitriles is 1. The minimum atomic E-state index is 0.149. The molecule has 2 N–H and O–H groups in total. The van der Waals surface area contributed by atoms with Gasteiger partial charge in [0.05, 0.1) is 6.54 Å². The fourth-order valence-corrected chi connectivity index (χ4v) is 5.18. The highest BCUT2D eigenvalue weighted by Crippen LogP contribution is 2.35. The van der Waals surface area contributed by atoms with Gasteiger partial charge in [-0.2, -0.15) is 5.26 Å². The Kier molecular flexibility index (Phi) is 5.22. The maximum atomic E-state index is 13.3. The van der Waals surface area contributed by atoms with E-state index in [1.165, 1.54) is 0 Å². The third-order valence-corrected chi connectivity index (χ3v) is 6.44. The van der Waals surface area contributed by atoms with E-state index in [0.29, 0.717) is 30.6 Å². The van der Waals surface area contributed by atoms with Crippen molar-refractivity contribution in [2.75, 3.05) is 20.1 Å². The number of likely N-dealkylation sites (tertiary alicyclic amines) is 1. The van der Waals surface area contributed by atoms with Crippen LogP contribution in [0, 0.1) is 17.2 Å². The first-order valence-electron chi connectivity index (χ1n) is 10.8. The van der Waals surface area contributed by atoms with E-state index in [1.807, 2.05) is 36.1 Å². The largest absolute Gasteiger partial charge is 0.353 e. The van der Waals surface area contributed by atoms with E-state index in [4.69, 9.17) is 5.26 Å². The van der Waals surface area contributed by atoms with Crippen LogP contribution in [0.25, 0.3) is 0 Å². The average molecular weight is 418 g/mol. The third-order valence-electron chi connectivity index (χ3n) is 6.44. The highest BCUT2D eigenvalue weighted by Gasteiger charge is 2.35. The quantitative estimate of drug-likeness (QED) is 0.640. The Balaban J connectivity index is 1.30. The molecule has 0 unspecified atom stereocenters. The van der Waals surface area contributed by atoms with Crippen LogP contribution in [0.5, 0.6) is 0 Å². The summed E-state index contributed by atoms with van der Waals surface area (Å²) in [7, 11) is 2.01. The molecule has 0 aromatic carbocycles. The van der Waals surface area contributed by atoms with E-state index >= 15 is 0 Å². The Labute approximate surface area is 181 Å². The van der Waals surface area contributed by atoms with Crippen LogP contribution < -0.4 is 5.56 Å². The molecule has 3 aromatic rings. The van der Waals surface area contributed by atoms with E-state index in [1.54, 1.807) is 6.20 Å². The number of hydrogen-bond donors (Lipinski definition) is 2. The van der Waals surface area contributed by atoms with E-state index in [-0.39, 0.29) is 5.56 Å². The summed E-state index contributed by atoms with van der Waals surface area (Å²) in [5, 5.41) is 9.03. The number of imidazole rings is 1. The molecule has 160 valence electrons. The number of rotatable bonds is 6. The van der Waals surface area contributed by atoms with E-state index in [0.717, 1.165) is 55.2 Å². The van der Waals surface area contributed by atoms with E-state index in [2.05, 4.69) is 36.9 Å². The van der Waals surface area contributed by atoms with Crippen molar-refractivity contribution in [3.8, 4) is 6.07 Å². The molecule has 5 rings (SSSR count). The first kappa shape index (κ1) is 19.8. The molecule has 5 heterocycles. The maximum Gasteiger partial charge on any atom is 0.255 e. The Hall–Kier alpha value is -3.15. The molecule has 8 nitrogen and oxygen atoms in total. The zero-order chi connectivity index (χ0) is 21.4. The van der Waals surface area contributed by atoms with E-state index in [9.17, 15) is 4.79 Å². The monoisotopic (exact) mass is 417 g/mol. The van der Waals surface area contributed by atoms with Gasteiger partial charge in [-0.05, 0) is 37.1 Å². The Morgan fingerprint density at radius 2 is 2.16 bits per heavy atom. The molecule has 0 spiro atoms. The smallest absolute Gasteiger partial charge is 0.255 e. The molecule has 1 fully saturated rings. The van der Waals surface area contributed by atoms with Gasteiger partial charge in [0.15, 0.2) is 0 Å². The number of hydrogen-bond acceptors (Lipinski definition) is 5. The van der Waals surface area contributed by atoms with Crippen LogP contribution in [0.1, 0.15) is 40.7 Å². The molecule has 3 aromatic heterocycles. The zero-order valence-corrected chi connectivity index (χ0v) is 17.7. The fraction of sp³-hybridized carbons (Fsp3) is 0.435. The van der Waals surface area contributed by atoms with Gasteiger partial charge in [0.1, 0.15) is 17.6 Å². The van der Waals surface area contributed by atoms with Crippen LogP contribution in [0.15, 0.2) is 41.6 Å². The number of aromatic nitrogens is 4. The summed E-state index contributed by atoms with van der Waals surface area (Å²) in [4.78, 5) is 28.2. The molecule has 2 aliphatic heterocycles. The van der Waals surface area contributed by atoms with Crippen molar-refractivity contribution in [3.05, 3.63) is 75.5 Å². The number of piperidine rings is 1. The summed E-state index contributed by atoms with van der Waals surface area (Å²) in [6, 6.07) is 8.25. The van der Waals surface area contributed by atoms with Gasteiger partial charge in [-0.1, -0.05) is 6.07 Å². The number of H-pyrrole nitrogens is 2. The average Bonchev–Trinajstić information content (AvgIpc) is 3.42. The van der Waals surface area contributed by atoms with E-state index < -0.39 is 0 Å². The highest BCUT2D eigenvalue weighted by atomic mass is 16.1. The van der Waals surface area contributed by atoms with Gasteiger partial charge in [0, 0.05) is 68.5 Å². The lowest BCUT2D eigenvalue weighted by atomic mass is 9.83. The lowest BCUT2D eigenvalue weighted by molar-refractivity contribution is 0.114. The molecule has 2 bridgehead atoms. The minimum absolute atomic E-state index is 0.149. The maximum absolute atomic E-state index is 13.3. The van der Waals surface area contributed by atoms with Crippen LogP contribution in [0.2, 0.25) is 0 Å². The molecule has 0 aliphatic carbocycles. The Morgan fingerprint density at radius 3 is 2.94 bits per heavy atom. The molecule has 1 saturated heterocycles.